The zero-order valence-electron chi connectivity index (χ0n) is 20.5. The summed E-state index contributed by atoms with van der Waals surface area (Å²) in [6, 6.07) is 16.2. The van der Waals surface area contributed by atoms with E-state index in [0.717, 1.165) is 36.1 Å². The number of amides is 1. The third-order valence-corrected chi connectivity index (χ3v) is 8.23. The number of hydrogen-bond donors (Lipinski definition) is 1. The molecule has 0 saturated heterocycles. The van der Waals surface area contributed by atoms with Crippen LogP contribution in [0.3, 0.4) is 0 Å². The Morgan fingerprint density at radius 3 is 2.51 bits per heavy atom. The first-order valence-corrected chi connectivity index (χ1v) is 13.7. The van der Waals surface area contributed by atoms with Gasteiger partial charge in [0.15, 0.2) is 6.10 Å². The van der Waals surface area contributed by atoms with Gasteiger partial charge in [-0.05, 0) is 69.4 Å². The molecule has 3 aromatic rings. The van der Waals surface area contributed by atoms with Gasteiger partial charge >= 0.3 is 11.9 Å². The molecule has 4 rings (SSSR count). The number of ether oxygens (including phenoxy) is 2. The van der Waals surface area contributed by atoms with Crippen LogP contribution >= 0.6 is 23.1 Å². The molecule has 190 valence electrons. The lowest BCUT2D eigenvalue weighted by Gasteiger charge is -2.15. The average molecular weight is 535 g/mol. The molecule has 7 nitrogen and oxygen atoms in total. The second kappa shape index (κ2) is 12.1. The lowest BCUT2D eigenvalue weighted by molar-refractivity contribution is -0.123. The van der Waals surface area contributed by atoms with Gasteiger partial charge in [0.2, 0.25) is 0 Å². The second-order valence-electron chi connectivity index (χ2n) is 8.38. The van der Waals surface area contributed by atoms with Crippen molar-refractivity contribution in [2.45, 2.75) is 55.4 Å². The summed E-state index contributed by atoms with van der Waals surface area (Å²) in [5.74, 6) is -1.64. The lowest BCUT2D eigenvalue weighted by Crippen LogP contribution is -2.30. The predicted molar refractivity (Wildman–Crippen MR) is 142 cm³/mol. The van der Waals surface area contributed by atoms with Crippen LogP contribution in [0.4, 0.5) is 5.00 Å². The van der Waals surface area contributed by atoms with Gasteiger partial charge in [0, 0.05) is 14.7 Å². The monoisotopic (exact) mass is 534 g/mol. The number of rotatable bonds is 8. The van der Waals surface area contributed by atoms with Crippen molar-refractivity contribution in [2.75, 3.05) is 11.9 Å². The van der Waals surface area contributed by atoms with Crippen molar-refractivity contribution in [3.05, 3.63) is 75.7 Å². The molecule has 0 radical (unpaired) electrons. The standard InChI is InChI=1S/C28H26N2O5S2/c1-3-34-28(33)24-19-11-5-8-14-22(19)37-26(24)30-25(31)17(2)35-27(32)20-12-6-9-15-23(20)36-21-13-7-4-10-18(21)16-29/h4,6-7,9-10,12-13,15,17H,3,5,8,11,14H2,1-2H3,(H,30,31)/t17-/m0/s1. The largest absolute Gasteiger partial charge is 0.462 e. The number of thiophene rings is 1. The second-order valence-corrected chi connectivity index (χ2v) is 10.6. The maximum Gasteiger partial charge on any atom is 0.341 e. The molecule has 1 N–H and O–H groups in total. The van der Waals surface area contributed by atoms with Crippen LogP contribution in [0.2, 0.25) is 0 Å². The number of nitrogens with zero attached hydrogens (tertiary/aromatic N) is 1. The summed E-state index contributed by atoms with van der Waals surface area (Å²) in [5, 5.41) is 12.6. The number of nitriles is 1. The summed E-state index contributed by atoms with van der Waals surface area (Å²) in [5.41, 5.74) is 2.14. The van der Waals surface area contributed by atoms with Crippen LogP contribution in [0.25, 0.3) is 0 Å². The van der Waals surface area contributed by atoms with Crippen molar-refractivity contribution in [1.29, 1.82) is 5.26 Å². The molecule has 0 saturated carbocycles. The number of carbonyl (C=O) groups is 3. The molecule has 2 aromatic carbocycles. The number of nitrogens with one attached hydrogen (secondary N) is 1. The Morgan fingerprint density at radius 2 is 1.76 bits per heavy atom. The molecule has 0 unspecified atom stereocenters. The topological polar surface area (TPSA) is 105 Å². The predicted octanol–water partition coefficient (Wildman–Crippen LogP) is 6.01. The van der Waals surface area contributed by atoms with E-state index in [-0.39, 0.29) is 6.61 Å². The minimum Gasteiger partial charge on any atom is -0.462 e. The molecule has 1 aliphatic rings. The first kappa shape index (κ1) is 26.5. The molecular formula is C28H26N2O5S2. The highest BCUT2D eigenvalue weighted by molar-refractivity contribution is 7.99. The Bertz CT molecular complexity index is 1380. The molecule has 0 fully saturated rings. The molecule has 37 heavy (non-hydrogen) atoms. The Labute approximate surface area is 223 Å². The van der Waals surface area contributed by atoms with Crippen LogP contribution in [0.15, 0.2) is 58.3 Å². The smallest absolute Gasteiger partial charge is 0.341 e. The molecule has 0 aliphatic heterocycles. The van der Waals surface area contributed by atoms with Crippen molar-refractivity contribution in [3.8, 4) is 6.07 Å². The number of benzene rings is 2. The highest BCUT2D eigenvalue weighted by Crippen LogP contribution is 2.39. The lowest BCUT2D eigenvalue weighted by atomic mass is 9.95. The molecule has 1 atom stereocenters. The van der Waals surface area contributed by atoms with Crippen molar-refractivity contribution in [1.82, 2.24) is 0 Å². The van der Waals surface area contributed by atoms with Crippen LogP contribution in [-0.4, -0.2) is 30.6 Å². The number of fused-ring (bicyclic) bond motifs is 1. The van der Waals surface area contributed by atoms with E-state index in [1.165, 1.54) is 30.0 Å². The van der Waals surface area contributed by atoms with Gasteiger partial charge in [-0.25, -0.2) is 9.59 Å². The van der Waals surface area contributed by atoms with E-state index in [1.807, 2.05) is 12.1 Å². The average Bonchev–Trinajstić information content (AvgIpc) is 3.27. The van der Waals surface area contributed by atoms with Gasteiger partial charge in [-0.2, -0.15) is 5.26 Å². The summed E-state index contributed by atoms with van der Waals surface area (Å²) in [7, 11) is 0. The summed E-state index contributed by atoms with van der Waals surface area (Å²) in [6.45, 7) is 3.47. The molecule has 0 spiro atoms. The molecule has 0 bridgehead atoms. The third-order valence-electron chi connectivity index (χ3n) is 5.88. The van der Waals surface area contributed by atoms with Crippen LogP contribution in [0.5, 0.6) is 0 Å². The normalized spacial score (nSPS) is 13.1. The minimum absolute atomic E-state index is 0.237. The van der Waals surface area contributed by atoms with Gasteiger partial charge < -0.3 is 14.8 Å². The van der Waals surface area contributed by atoms with Crippen LogP contribution < -0.4 is 5.32 Å². The first-order valence-electron chi connectivity index (χ1n) is 12.0. The summed E-state index contributed by atoms with van der Waals surface area (Å²) >= 11 is 2.66. The summed E-state index contributed by atoms with van der Waals surface area (Å²) in [4.78, 5) is 41.1. The maximum absolute atomic E-state index is 13.0. The highest BCUT2D eigenvalue weighted by atomic mass is 32.2. The first-order chi connectivity index (χ1) is 17.9. The number of hydrogen-bond acceptors (Lipinski definition) is 8. The summed E-state index contributed by atoms with van der Waals surface area (Å²) in [6.07, 6.45) is 2.53. The quantitative estimate of drug-likeness (QED) is 0.353. The van der Waals surface area contributed by atoms with Crippen molar-refractivity contribution in [2.24, 2.45) is 0 Å². The van der Waals surface area contributed by atoms with Gasteiger partial charge in [0.25, 0.3) is 5.91 Å². The maximum atomic E-state index is 13.0. The molecule has 1 aliphatic carbocycles. The molecule has 9 heteroatoms. The highest BCUT2D eigenvalue weighted by Gasteiger charge is 2.29. The van der Waals surface area contributed by atoms with E-state index >= 15 is 0 Å². The van der Waals surface area contributed by atoms with Gasteiger partial charge in [-0.3, -0.25) is 4.79 Å². The number of aryl methyl sites for hydroxylation is 1. The van der Waals surface area contributed by atoms with Crippen LogP contribution in [0.1, 0.15) is 63.4 Å². The third kappa shape index (κ3) is 6.04. The Hall–Kier alpha value is -3.61. The van der Waals surface area contributed by atoms with Gasteiger partial charge in [0.1, 0.15) is 11.1 Å². The molecule has 1 amide bonds. The van der Waals surface area contributed by atoms with E-state index in [9.17, 15) is 19.6 Å². The van der Waals surface area contributed by atoms with E-state index < -0.39 is 23.9 Å². The van der Waals surface area contributed by atoms with Gasteiger partial charge in [-0.15, -0.1) is 11.3 Å². The van der Waals surface area contributed by atoms with E-state index in [4.69, 9.17) is 9.47 Å². The van der Waals surface area contributed by atoms with Crippen molar-refractivity contribution in [3.63, 3.8) is 0 Å². The fraction of sp³-hybridized carbons (Fsp3) is 0.286. The van der Waals surface area contributed by atoms with Crippen molar-refractivity contribution >= 4 is 45.9 Å². The Balaban J connectivity index is 1.50. The van der Waals surface area contributed by atoms with Gasteiger partial charge in [-0.1, -0.05) is 36.0 Å². The van der Waals surface area contributed by atoms with Crippen LogP contribution in [0, 0.1) is 11.3 Å². The van der Waals surface area contributed by atoms with Crippen molar-refractivity contribution < 1.29 is 23.9 Å². The number of esters is 2. The summed E-state index contributed by atoms with van der Waals surface area (Å²) < 4.78 is 10.8. The zero-order valence-corrected chi connectivity index (χ0v) is 22.2. The molecular weight excluding hydrogens is 508 g/mol. The SMILES string of the molecule is CCOC(=O)c1c(NC(=O)[C@H](C)OC(=O)c2ccccc2Sc2ccccc2C#N)sc2c1CCCC2. The number of anilines is 1. The molecule has 1 aromatic heterocycles. The number of carbonyl (C=O) groups excluding carboxylic acids is 3. The molecule has 1 heterocycles. The van der Waals surface area contributed by atoms with E-state index in [2.05, 4.69) is 11.4 Å². The Morgan fingerprint density at radius 1 is 1.05 bits per heavy atom. The zero-order chi connectivity index (χ0) is 26.4. The Kier molecular flexibility index (Phi) is 8.64. The fourth-order valence-corrected chi connectivity index (χ4v) is 6.35. The van der Waals surface area contributed by atoms with Crippen LogP contribution in [-0.2, 0) is 27.1 Å². The van der Waals surface area contributed by atoms with E-state index in [0.29, 0.717) is 31.5 Å². The minimum atomic E-state index is -1.11. The van der Waals surface area contributed by atoms with Gasteiger partial charge in [0.05, 0.1) is 23.3 Å². The van der Waals surface area contributed by atoms with E-state index in [1.54, 1.807) is 43.3 Å². The fourth-order valence-electron chi connectivity index (χ4n) is 4.05.